The summed E-state index contributed by atoms with van der Waals surface area (Å²) in [4.78, 5) is 23.6. The Morgan fingerprint density at radius 3 is 2.48 bits per heavy atom. The molecule has 2 aromatic carbocycles. The molecule has 7 nitrogen and oxygen atoms in total. The van der Waals surface area contributed by atoms with Gasteiger partial charge in [-0.15, -0.1) is 0 Å². The van der Waals surface area contributed by atoms with Crippen LogP contribution in [0, 0.1) is 17.5 Å². The van der Waals surface area contributed by atoms with E-state index >= 15 is 0 Å². The van der Waals surface area contributed by atoms with Gasteiger partial charge in [0.25, 0.3) is 5.91 Å². The van der Waals surface area contributed by atoms with Crippen LogP contribution in [0.3, 0.4) is 0 Å². The number of hydrogen-bond acceptors (Lipinski definition) is 4. The van der Waals surface area contributed by atoms with Crippen LogP contribution in [0.15, 0.2) is 48.5 Å². The maximum atomic E-state index is 14.0. The summed E-state index contributed by atoms with van der Waals surface area (Å²) in [6.07, 6.45) is -0.730. The van der Waals surface area contributed by atoms with Gasteiger partial charge in [0.1, 0.15) is 23.1 Å². The summed E-state index contributed by atoms with van der Waals surface area (Å²) >= 11 is 0. The van der Waals surface area contributed by atoms with Crippen molar-refractivity contribution in [2.24, 2.45) is 0 Å². The molecule has 1 aromatic heterocycles. The van der Waals surface area contributed by atoms with Gasteiger partial charge in [0.2, 0.25) is 5.88 Å². The smallest absolute Gasteiger partial charge is 0.305 e. The van der Waals surface area contributed by atoms with Crippen LogP contribution in [0.5, 0.6) is 5.88 Å². The van der Waals surface area contributed by atoms with Crippen molar-refractivity contribution in [3.63, 3.8) is 0 Å². The van der Waals surface area contributed by atoms with E-state index in [-0.39, 0.29) is 16.9 Å². The van der Waals surface area contributed by atoms with E-state index in [0.717, 1.165) is 35.0 Å². The molecule has 1 atom stereocenters. The van der Waals surface area contributed by atoms with Crippen LogP contribution in [-0.2, 0) is 4.79 Å². The van der Waals surface area contributed by atoms with Gasteiger partial charge < -0.3 is 15.5 Å². The first-order chi connectivity index (χ1) is 13.8. The first-order valence-electron chi connectivity index (χ1n) is 8.28. The first-order valence-corrected chi connectivity index (χ1v) is 8.28. The van der Waals surface area contributed by atoms with E-state index in [0.29, 0.717) is 0 Å². The fourth-order valence-corrected chi connectivity index (χ4v) is 2.71. The number of nitrogens with zero attached hydrogens (tertiary/aromatic N) is 2. The average molecular weight is 405 g/mol. The molecule has 10 heteroatoms. The van der Waals surface area contributed by atoms with Crippen LogP contribution in [0.4, 0.5) is 13.2 Å². The molecule has 0 radical (unpaired) electrons. The third kappa shape index (κ3) is 4.37. The summed E-state index contributed by atoms with van der Waals surface area (Å²) in [6.45, 7) is 0. The number of hydrogen-bond donors (Lipinski definition) is 3. The van der Waals surface area contributed by atoms with Gasteiger partial charge >= 0.3 is 5.97 Å². The summed E-state index contributed by atoms with van der Waals surface area (Å²) < 4.78 is 42.2. The largest absolute Gasteiger partial charge is 0.493 e. The molecule has 0 aliphatic heterocycles. The molecule has 0 fully saturated rings. The van der Waals surface area contributed by atoms with Gasteiger partial charge in [-0.05, 0) is 30.3 Å². The van der Waals surface area contributed by atoms with Crippen LogP contribution < -0.4 is 5.32 Å². The molecule has 0 saturated heterocycles. The SMILES string of the molecule is O=C(O)CC(NC(=O)c1cc(O)n(-c2ccccc2F)n1)c1cc(F)ccc1F. The van der Waals surface area contributed by atoms with Crippen molar-refractivity contribution < 1.29 is 33.0 Å². The highest BCUT2D eigenvalue weighted by Gasteiger charge is 2.25. The Bertz CT molecular complexity index is 1080. The number of aromatic nitrogens is 2. The van der Waals surface area contributed by atoms with Crippen molar-refractivity contribution in [1.29, 1.82) is 0 Å². The normalized spacial score (nSPS) is 11.8. The van der Waals surface area contributed by atoms with Crippen molar-refractivity contribution >= 4 is 11.9 Å². The van der Waals surface area contributed by atoms with Crippen molar-refractivity contribution in [2.45, 2.75) is 12.5 Å². The van der Waals surface area contributed by atoms with Crippen molar-refractivity contribution in [2.75, 3.05) is 0 Å². The molecule has 0 saturated carbocycles. The summed E-state index contributed by atoms with van der Waals surface area (Å²) in [7, 11) is 0. The number of para-hydroxylation sites is 1. The highest BCUT2D eigenvalue weighted by molar-refractivity contribution is 5.93. The minimum absolute atomic E-state index is 0.123. The van der Waals surface area contributed by atoms with Crippen LogP contribution in [0.1, 0.15) is 28.5 Å². The number of aromatic hydroxyl groups is 1. The van der Waals surface area contributed by atoms with Gasteiger partial charge in [-0.25, -0.2) is 13.2 Å². The van der Waals surface area contributed by atoms with Crippen LogP contribution in [-0.4, -0.2) is 31.9 Å². The highest BCUT2D eigenvalue weighted by Crippen LogP contribution is 2.24. The Morgan fingerprint density at radius 1 is 1.07 bits per heavy atom. The highest BCUT2D eigenvalue weighted by atomic mass is 19.1. The molecule has 3 N–H and O–H groups in total. The molecule has 1 amide bonds. The van der Waals surface area contributed by atoms with Crippen LogP contribution in [0.2, 0.25) is 0 Å². The van der Waals surface area contributed by atoms with Crippen LogP contribution in [0.25, 0.3) is 5.69 Å². The summed E-state index contributed by atoms with van der Waals surface area (Å²) in [5.41, 5.74) is -0.862. The first kappa shape index (κ1) is 19.9. The zero-order valence-electron chi connectivity index (χ0n) is 14.6. The third-order valence-corrected chi connectivity index (χ3v) is 4.02. The van der Waals surface area contributed by atoms with Gasteiger partial charge in [-0.1, -0.05) is 12.1 Å². The molecule has 150 valence electrons. The van der Waals surface area contributed by atoms with Gasteiger partial charge in [-0.3, -0.25) is 9.59 Å². The van der Waals surface area contributed by atoms with E-state index in [1.807, 2.05) is 0 Å². The quantitative estimate of drug-likeness (QED) is 0.585. The Balaban J connectivity index is 1.91. The monoisotopic (exact) mass is 405 g/mol. The molecular weight excluding hydrogens is 391 g/mol. The summed E-state index contributed by atoms with van der Waals surface area (Å²) in [6, 6.07) is 7.34. The second-order valence-electron chi connectivity index (χ2n) is 6.04. The van der Waals surface area contributed by atoms with Gasteiger partial charge in [0, 0.05) is 11.6 Å². The summed E-state index contributed by atoms with van der Waals surface area (Å²) in [5.74, 6) is -5.30. The molecule has 3 rings (SSSR count). The predicted octanol–water partition coefficient (Wildman–Crippen LogP) is 2.94. The predicted molar refractivity (Wildman–Crippen MR) is 94.0 cm³/mol. The van der Waals surface area contributed by atoms with E-state index in [4.69, 9.17) is 5.11 Å². The van der Waals surface area contributed by atoms with Crippen LogP contribution >= 0.6 is 0 Å². The molecule has 0 bridgehead atoms. The maximum absolute atomic E-state index is 14.0. The second kappa shape index (κ2) is 8.05. The van der Waals surface area contributed by atoms with E-state index < -0.39 is 47.7 Å². The lowest BCUT2D eigenvalue weighted by Crippen LogP contribution is -2.31. The lowest BCUT2D eigenvalue weighted by molar-refractivity contribution is -0.137. The molecule has 1 unspecified atom stereocenters. The fraction of sp³-hybridized carbons (Fsp3) is 0.105. The molecule has 29 heavy (non-hydrogen) atoms. The number of aliphatic carboxylic acids is 1. The van der Waals surface area contributed by atoms with Crippen molar-refractivity contribution in [3.05, 3.63) is 77.2 Å². The van der Waals surface area contributed by atoms with Crippen molar-refractivity contribution in [1.82, 2.24) is 15.1 Å². The minimum Gasteiger partial charge on any atom is -0.493 e. The zero-order chi connectivity index (χ0) is 21.1. The third-order valence-electron chi connectivity index (χ3n) is 4.02. The average Bonchev–Trinajstić information content (AvgIpc) is 3.05. The molecule has 0 spiro atoms. The van der Waals surface area contributed by atoms with E-state index in [2.05, 4.69) is 10.4 Å². The Labute approximate surface area is 162 Å². The van der Waals surface area contributed by atoms with E-state index in [9.17, 15) is 27.9 Å². The Morgan fingerprint density at radius 2 is 1.79 bits per heavy atom. The fourth-order valence-electron chi connectivity index (χ4n) is 2.71. The molecule has 1 heterocycles. The molecular formula is C19H14F3N3O4. The zero-order valence-corrected chi connectivity index (χ0v) is 14.6. The minimum atomic E-state index is -1.41. The van der Waals surface area contributed by atoms with E-state index in [1.54, 1.807) is 0 Å². The number of nitrogens with one attached hydrogen (secondary N) is 1. The number of carboxylic acid groups (broad SMARTS) is 1. The molecule has 0 aliphatic rings. The number of carboxylic acids is 1. The summed E-state index contributed by atoms with van der Waals surface area (Å²) in [5, 5.41) is 25.1. The van der Waals surface area contributed by atoms with Gasteiger partial charge in [0.05, 0.1) is 12.5 Å². The molecule has 0 aliphatic carbocycles. The number of amides is 1. The topological polar surface area (TPSA) is 104 Å². The standard InChI is InChI=1S/C19H14F3N3O4/c20-10-5-6-12(21)11(7-10)14(9-18(27)28)23-19(29)15-8-17(26)25(24-15)16-4-2-1-3-13(16)22/h1-8,14,26H,9H2,(H,23,29)(H,27,28). The number of halogens is 3. The molecule has 3 aromatic rings. The van der Waals surface area contributed by atoms with E-state index in [1.165, 1.54) is 18.2 Å². The number of benzene rings is 2. The van der Waals surface area contributed by atoms with Crippen molar-refractivity contribution in [3.8, 4) is 11.6 Å². The number of carbonyl (C=O) groups excluding carboxylic acids is 1. The lowest BCUT2D eigenvalue weighted by atomic mass is 10.0. The Hall–Kier alpha value is -3.82. The number of rotatable bonds is 6. The second-order valence-corrected chi connectivity index (χ2v) is 6.04. The van der Waals surface area contributed by atoms with Gasteiger partial charge in [0.15, 0.2) is 5.69 Å². The maximum Gasteiger partial charge on any atom is 0.305 e. The number of carbonyl (C=O) groups is 2. The van der Waals surface area contributed by atoms with Gasteiger partial charge in [-0.2, -0.15) is 9.78 Å². The Kier molecular flexibility index (Phi) is 5.53. The lowest BCUT2D eigenvalue weighted by Gasteiger charge is -2.17.